The van der Waals surface area contributed by atoms with Gasteiger partial charge in [0.05, 0.1) is 0 Å². The van der Waals surface area contributed by atoms with Gasteiger partial charge in [-0.15, -0.1) is 0 Å². The summed E-state index contributed by atoms with van der Waals surface area (Å²) < 4.78 is 0. The Morgan fingerprint density at radius 2 is 1.10 bits per heavy atom. The van der Waals surface area contributed by atoms with E-state index in [-0.39, 0.29) is 5.54 Å². The standard InChI is InChI=1S/C17H35N.C2H6/c1-16(2)12-15-17(18)13-10-8-6-4-3-5-7-9-11-14-17;1-2/h16H,3-15,18H2,1-2H3;1-2H3. The lowest BCUT2D eigenvalue weighted by Crippen LogP contribution is -2.40. The van der Waals surface area contributed by atoms with Crippen molar-refractivity contribution in [3.63, 3.8) is 0 Å². The van der Waals surface area contributed by atoms with Crippen molar-refractivity contribution in [1.29, 1.82) is 0 Å². The van der Waals surface area contributed by atoms with E-state index in [4.69, 9.17) is 5.73 Å². The molecule has 1 heteroatoms. The van der Waals surface area contributed by atoms with E-state index in [0.717, 1.165) is 5.92 Å². The molecule has 122 valence electrons. The molecule has 0 bridgehead atoms. The molecule has 0 amide bonds. The van der Waals surface area contributed by atoms with E-state index in [1.54, 1.807) is 0 Å². The third-order valence-electron chi connectivity index (χ3n) is 4.57. The van der Waals surface area contributed by atoms with Crippen molar-refractivity contribution in [2.24, 2.45) is 11.7 Å². The number of hydrogen-bond acceptors (Lipinski definition) is 1. The summed E-state index contributed by atoms with van der Waals surface area (Å²) in [6, 6.07) is 0. The lowest BCUT2D eigenvalue weighted by molar-refractivity contribution is 0.290. The molecule has 0 aromatic heterocycles. The first-order valence-corrected chi connectivity index (χ1v) is 9.41. The minimum atomic E-state index is 0.156. The molecule has 0 aliphatic heterocycles. The normalized spacial score (nSPS) is 21.3. The van der Waals surface area contributed by atoms with Crippen molar-refractivity contribution in [2.45, 2.75) is 117 Å². The highest BCUT2D eigenvalue weighted by Gasteiger charge is 2.24. The summed E-state index contributed by atoms with van der Waals surface area (Å²) in [5, 5.41) is 0. The second kappa shape index (κ2) is 12.7. The Kier molecular flexibility index (Phi) is 12.7. The zero-order valence-corrected chi connectivity index (χ0v) is 14.8. The van der Waals surface area contributed by atoms with Crippen molar-refractivity contribution in [3.8, 4) is 0 Å². The predicted octanol–water partition coefficient (Wildman–Crippen LogP) is 6.45. The zero-order valence-electron chi connectivity index (χ0n) is 14.8. The molecule has 2 N–H and O–H groups in total. The van der Waals surface area contributed by atoms with Crippen molar-refractivity contribution in [3.05, 3.63) is 0 Å². The second-order valence-corrected chi connectivity index (χ2v) is 6.98. The van der Waals surface area contributed by atoms with Crippen molar-refractivity contribution < 1.29 is 0 Å². The van der Waals surface area contributed by atoms with Crippen LogP contribution in [0.2, 0.25) is 0 Å². The molecule has 1 fully saturated rings. The second-order valence-electron chi connectivity index (χ2n) is 6.98. The zero-order chi connectivity index (χ0) is 15.3. The minimum Gasteiger partial charge on any atom is -0.325 e. The van der Waals surface area contributed by atoms with E-state index >= 15 is 0 Å². The first-order chi connectivity index (χ1) is 9.62. The van der Waals surface area contributed by atoms with Gasteiger partial charge in [0.15, 0.2) is 0 Å². The van der Waals surface area contributed by atoms with E-state index in [1.165, 1.54) is 83.5 Å². The van der Waals surface area contributed by atoms with Gasteiger partial charge in [-0.3, -0.25) is 0 Å². The van der Waals surface area contributed by atoms with Gasteiger partial charge in [0, 0.05) is 5.54 Å². The first kappa shape index (κ1) is 20.0. The summed E-state index contributed by atoms with van der Waals surface area (Å²) >= 11 is 0. The van der Waals surface area contributed by atoms with Gasteiger partial charge in [-0.2, -0.15) is 0 Å². The Hall–Kier alpha value is -0.0400. The Morgan fingerprint density at radius 1 is 0.750 bits per heavy atom. The molecule has 1 rings (SSSR count). The SMILES string of the molecule is CC.CC(C)CCC1(N)CCCCCCCCCCC1. The molecule has 20 heavy (non-hydrogen) atoms. The van der Waals surface area contributed by atoms with Crippen molar-refractivity contribution in [2.75, 3.05) is 0 Å². The van der Waals surface area contributed by atoms with E-state index in [1.807, 2.05) is 13.8 Å². The molecule has 0 aromatic rings. The van der Waals surface area contributed by atoms with Gasteiger partial charge >= 0.3 is 0 Å². The highest BCUT2D eigenvalue weighted by Crippen LogP contribution is 2.27. The molecule has 0 aromatic carbocycles. The Bertz CT molecular complexity index is 186. The third-order valence-corrected chi connectivity index (χ3v) is 4.57. The average molecular weight is 284 g/mol. The summed E-state index contributed by atoms with van der Waals surface area (Å²) in [7, 11) is 0. The van der Waals surface area contributed by atoms with Crippen molar-refractivity contribution in [1.82, 2.24) is 0 Å². The van der Waals surface area contributed by atoms with E-state index in [9.17, 15) is 0 Å². The maximum absolute atomic E-state index is 6.69. The molecule has 0 spiro atoms. The van der Waals surface area contributed by atoms with E-state index in [2.05, 4.69) is 13.8 Å². The van der Waals surface area contributed by atoms with Gasteiger partial charge in [-0.05, 0) is 31.6 Å². The topological polar surface area (TPSA) is 26.0 Å². The fourth-order valence-electron chi connectivity index (χ4n) is 3.14. The fraction of sp³-hybridized carbons (Fsp3) is 1.00. The molecule has 1 nitrogen and oxygen atoms in total. The quantitative estimate of drug-likeness (QED) is 0.632. The van der Waals surface area contributed by atoms with Crippen LogP contribution in [0, 0.1) is 5.92 Å². The largest absolute Gasteiger partial charge is 0.325 e. The number of nitrogens with two attached hydrogens (primary N) is 1. The average Bonchev–Trinajstić information content (AvgIpc) is 2.43. The van der Waals surface area contributed by atoms with Crippen LogP contribution in [0.1, 0.15) is 111 Å². The molecule has 0 atom stereocenters. The highest BCUT2D eigenvalue weighted by atomic mass is 14.7. The smallest absolute Gasteiger partial charge is 0.0154 e. The van der Waals surface area contributed by atoms with Crippen LogP contribution in [0.5, 0.6) is 0 Å². The molecular formula is C19H41N. The number of rotatable bonds is 3. The lowest BCUT2D eigenvalue weighted by atomic mass is 9.81. The van der Waals surface area contributed by atoms with Crippen LogP contribution in [0.4, 0.5) is 0 Å². The third kappa shape index (κ3) is 10.7. The van der Waals surface area contributed by atoms with E-state index < -0.39 is 0 Å². The molecule has 1 aliphatic rings. The molecule has 0 saturated heterocycles. The molecule has 1 aliphatic carbocycles. The molecule has 0 radical (unpaired) electrons. The summed E-state index contributed by atoms with van der Waals surface area (Å²) in [6.45, 7) is 8.64. The monoisotopic (exact) mass is 283 g/mol. The van der Waals surface area contributed by atoms with Gasteiger partial charge in [0.2, 0.25) is 0 Å². The summed E-state index contributed by atoms with van der Waals surface area (Å²) in [6.07, 6.45) is 17.8. The Labute approximate surface area is 129 Å². The van der Waals surface area contributed by atoms with Gasteiger partial charge in [0.25, 0.3) is 0 Å². The van der Waals surface area contributed by atoms with Crippen LogP contribution in [0.15, 0.2) is 0 Å². The van der Waals surface area contributed by atoms with Crippen LogP contribution in [0.3, 0.4) is 0 Å². The van der Waals surface area contributed by atoms with Crippen LogP contribution < -0.4 is 5.73 Å². The van der Waals surface area contributed by atoms with Crippen LogP contribution >= 0.6 is 0 Å². The Morgan fingerprint density at radius 3 is 1.45 bits per heavy atom. The maximum Gasteiger partial charge on any atom is 0.0154 e. The van der Waals surface area contributed by atoms with Gasteiger partial charge in [-0.1, -0.05) is 85.5 Å². The van der Waals surface area contributed by atoms with Crippen LogP contribution in [-0.2, 0) is 0 Å². The highest BCUT2D eigenvalue weighted by molar-refractivity contribution is 4.84. The van der Waals surface area contributed by atoms with Crippen LogP contribution in [-0.4, -0.2) is 5.54 Å². The lowest BCUT2D eigenvalue weighted by Gasteiger charge is -2.31. The summed E-state index contributed by atoms with van der Waals surface area (Å²) in [5.41, 5.74) is 6.84. The first-order valence-electron chi connectivity index (χ1n) is 9.41. The fourth-order valence-corrected chi connectivity index (χ4v) is 3.14. The van der Waals surface area contributed by atoms with Crippen LogP contribution in [0.25, 0.3) is 0 Å². The van der Waals surface area contributed by atoms with Gasteiger partial charge in [0.1, 0.15) is 0 Å². The molecule has 1 saturated carbocycles. The summed E-state index contributed by atoms with van der Waals surface area (Å²) in [4.78, 5) is 0. The maximum atomic E-state index is 6.69. The summed E-state index contributed by atoms with van der Waals surface area (Å²) in [5.74, 6) is 0.798. The number of hydrogen-bond donors (Lipinski definition) is 1. The van der Waals surface area contributed by atoms with Gasteiger partial charge in [-0.25, -0.2) is 0 Å². The Balaban J connectivity index is 0.00000172. The predicted molar refractivity (Wildman–Crippen MR) is 93.1 cm³/mol. The molecule has 0 heterocycles. The molecular weight excluding hydrogens is 242 g/mol. The van der Waals surface area contributed by atoms with Crippen molar-refractivity contribution >= 4 is 0 Å². The van der Waals surface area contributed by atoms with Gasteiger partial charge < -0.3 is 5.73 Å². The molecule has 0 unspecified atom stereocenters. The minimum absolute atomic E-state index is 0.156. The van der Waals surface area contributed by atoms with E-state index in [0.29, 0.717) is 0 Å².